The van der Waals surface area contributed by atoms with Crippen molar-refractivity contribution >= 4 is 11.6 Å². The van der Waals surface area contributed by atoms with Crippen LogP contribution in [0.1, 0.15) is 40.0 Å². The van der Waals surface area contributed by atoms with Crippen molar-refractivity contribution in [2.24, 2.45) is 17.3 Å². The van der Waals surface area contributed by atoms with Crippen LogP contribution in [0.15, 0.2) is 42.7 Å². The van der Waals surface area contributed by atoms with E-state index >= 15 is 0 Å². The molecule has 1 amide bonds. The first-order valence-corrected chi connectivity index (χ1v) is 8.38. The van der Waals surface area contributed by atoms with Crippen LogP contribution < -0.4 is 5.32 Å². The summed E-state index contributed by atoms with van der Waals surface area (Å²) >= 11 is 0. The van der Waals surface area contributed by atoms with Crippen molar-refractivity contribution in [2.45, 2.75) is 40.0 Å². The van der Waals surface area contributed by atoms with Gasteiger partial charge >= 0.3 is 0 Å². The third kappa shape index (κ3) is 3.31. The predicted octanol–water partition coefficient (Wildman–Crippen LogP) is 4.27. The zero-order chi connectivity index (χ0) is 16.4. The summed E-state index contributed by atoms with van der Waals surface area (Å²) in [4.78, 5) is 12.8. The first kappa shape index (κ1) is 15.8. The molecule has 1 N–H and O–H groups in total. The Labute approximate surface area is 137 Å². The van der Waals surface area contributed by atoms with E-state index in [-0.39, 0.29) is 17.2 Å². The van der Waals surface area contributed by atoms with E-state index in [1.54, 1.807) is 10.9 Å². The Morgan fingerprint density at radius 1 is 1.30 bits per heavy atom. The van der Waals surface area contributed by atoms with Gasteiger partial charge in [0, 0.05) is 24.0 Å². The second kappa shape index (κ2) is 6.19. The zero-order valence-electron chi connectivity index (χ0n) is 14.1. The average molecular weight is 311 g/mol. The minimum atomic E-state index is 0.0662. The fraction of sp³-hybridized carbons (Fsp3) is 0.474. The maximum absolute atomic E-state index is 12.8. The molecule has 0 saturated heterocycles. The van der Waals surface area contributed by atoms with Crippen LogP contribution in [0, 0.1) is 17.3 Å². The molecular formula is C19H25N3O. The maximum Gasteiger partial charge on any atom is 0.228 e. The van der Waals surface area contributed by atoms with Crippen LogP contribution in [0.2, 0.25) is 0 Å². The topological polar surface area (TPSA) is 46.9 Å². The van der Waals surface area contributed by atoms with Crippen molar-refractivity contribution in [3.63, 3.8) is 0 Å². The molecule has 1 aliphatic rings. The van der Waals surface area contributed by atoms with E-state index < -0.39 is 0 Å². The number of carbonyl (C=O) groups excluding carboxylic acids is 1. The van der Waals surface area contributed by atoms with Crippen molar-refractivity contribution in [3.8, 4) is 5.69 Å². The largest absolute Gasteiger partial charge is 0.326 e. The van der Waals surface area contributed by atoms with Gasteiger partial charge in [0.25, 0.3) is 0 Å². The summed E-state index contributed by atoms with van der Waals surface area (Å²) in [5, 5.41) is 7.31. The summed E-state index contributed by atoms with van der Waals surface area (Å²) in [7, 11) is 0. The Bertz CT molecular complexity index is 658. The Morgan fingerprint density at radius 3 is 2.65 bits per heavy atom. The number of rotatable bonds is 3. The summed E-state index contributed by atoms with van der Waals surface area (Å²) in [5.41, 5.74) is 1.90. The molecule has 122 valence electrons. The maximum atomic E-state index is 12.8. The Kier molecular flexibility index (Phi) is 4.24. The van der Waals surface area contributed by atoms with E-state index in [1.165, 1.54) is 6.42 Å². The van der Waals surface area contributed by atoms with Crippen molar-refractivity contribution in [1.82, 2.24) is 9.78 Å². The number of nitrogens with zero attached hydrogens (tertiary/aromatic N) is 2. The van der Waals surface area contributed by atoms with Crippen LogP contribution in [0.5, 0.6) is 0 Å². The molecule has 23 heavy (non-hydrogen) atoms. The van der Waals surface area contributed by atoms with E-state index in [2.05, 4.69) is 31.2 Å². The zero-order valence-corrected chi connectivity index (χ0v) is 14.1. The summed E-state index contributed by atoms with van der Waals surface area (Å²) in [6.45, 7) is 6.63. The second-order valence-corrected chi connectivity index (χ2v) is 7.32. The van der Waals surface area contributed by atoms with Gasteiger partial charge in [-0.2, -0.15) is 5.10 Å². The fourth-order valence-electron chi connectivity index (χ4n) is 3.92. The highest BCUT2D eigenvalue weighted by Gasteiger charge is 2.41. The first-order chi connectivity index (χ1) is 11.0. The number of carbonyl (C=O) groups is 1. The van der Waals surface area contributed by atoms with Crippen LogP contribution in [-0.2, 0) is 4.79 Å². The lowest BCUT2D eigenvalue weighted by Crippen LogP contribution is -2.42. The number of hydrogen-bond donors (Lipinski definition) is 1. The monoisotopic (exact) mass is 311 g/mol. The molecule has 0 aliphatic heterocycles. The SMILES string of the molecule is CC1CCCC(C)(C)C1C(=O)Nc1ccc(-n2cccn2)cc1. The van der Waals surface area contributed by atoms with Gasteiger partial charge < -0.3 is 5.32 Å². The van der Waals surface area contributed by atoms with Gasteiger partial charge in [-0.25, -0.2) is 4.68 Å². The van der Waals surface area contributed by atoms with Crippen LogP contribution in [0.25, 0.3) is 5.69 Å². The molecule has 4 nitrogen and oxygen atoms in total. The molecule has 2 atom stereocenters. The second-order valence-electron chi connectivity index (χ2n) is 7.32. The van der Waals surface area contributed by atoms with Crippen LogP contribution in [0.3, 0.4) is 0 Å². The first-order valence-electron chi connectivity index (χ1n) is 8.38. The smallest absolute Gasteiger partial charge is 0.228 e. The highest BCUT2D eigenvalue weighted by atomic mass is 16.1. The predicted molar refractivity (Wildman–Crippen MR) is 92.5 cm³/mol. The molecule has 1 saturated carbocycles. The molecule has 1 heterocycles. The molecule has 0 spiro atoms. The number of anilines is 1. The highest BCUT2D eigenvalue weighted by Crippen LogP contribution is 2.44. The van der Waals surface area contributed by atoms with Crippen molar-refractivity contribution in [3.05, 3.63) is 42.7 Å². The van der Waals surface area contributed by atoms with Crippen molar-refractivity contribution in [2.75, 3.05) is 5.32 Å². The molecule has 2 unspecified atom stereocenters. The third-order valence-electron chi connectivity index (χ3n) is 5.08. The third-order valence-corrected chi connectivity index (χ3v) is 5.08. The Balaban J connectivity index is 1.72. The van der Waals surface area contributed by atoms with E-state index in [9.17, 15) is 4.79 Å². The summed E-state index contributed by atoms with van der Waals surface area (Å²) in [6, 6.07) is 9.71. The number of benzene rings is 1. The van der Waals surface area contributed by atoms with Gasteiger partial charge in [0.1, 0.15) is 0 Å². The lowest BCUT2D eigenvalue weighted by Gasteiger charge is -2.41. The van der Waals surface area contributed by atoms with Gasteiger partial charge in [-0.1, -0.05) is 27.2 Å². The van der Waals surface area contributed by atoms with E-state index in [0.29, 0.717) is 5.92 Å². The van der Waals surface area contributed by atoms with Crippen molar-refractivity contribution < 1.29 is 4.79 Å². The molecule has 3 rings (SSSR count). The van der Waals surface area contributed by atoms with Gasteiger partial charge in [0.05, 0.1) is 5.69 Å². The molecule has 4 heteroatoms. The quantitative estimate of drug-likeness (QED) is 0.920. The van der Waals surface area contributed by atoms with Crippen molar-refractivity contribution in [1.29, 1.82) is 0 Å². The molecule has 2 aromatic rings. The molecule has 1 fully saturated rings. The van der Waals surface area contributed by atoms with Gasteiger partial charge in [-0.15, -0.1) is 0 Å². The van der Waals surface area contributed by atoms with E-state index in [4.69, 9.17) is 0 Å². The molecule has 0 radical (unpaired) electrons. The summed E-state index contributed by atoms with van der Waals surface area (Å²) < 4.78 is 1.80. The lowest BCUT2D eigenvalue weighted by atomic mass is 9.64. The Morgan fingerprint density at radius 2 is 2.04 bits per heavy atom. The van der Waals surface area contributed by atoms with Gasteiger partial charge in [0.2, 0.25) is 5.91 Å². The minimum Gasteiger partial charge on any atom is -0.326 e. The number of amides is 1. The normalized spacial score (nSPS) is 23.4. The van der Waals surface area contributed by atoms with Gasteiger partial charge in [-0.3, -0.25) is 4.79 Å². The van der Waals surface area contributed by atoms with Crippen LogP contribution >= 0.6 is 0 Å². The van der Waals surface area contributed by atoms with E-state index in [0.717, 1.165) is 24.2 Å². The fourth-order valence-corrected chi connectivity index (χ4v) is 3.92. The van der Waals surface area contributed by atoms with Crippen LogP contribution in [0.4, 0.5) is 5.69 Å². The number of aromatic nitrogens is 2. The minimum absolute atomic E-state index is 0.0662. The molecule has 1 aromatic carbocycles. The standard InChI is InChI=1S/C19H25N3O/c1-14-6-4-11-19(2,3)17(14)18(23)21-15-7-9-16(10-8-15)22-13-5-12-20-22/h5,7-10,12-14,17H,4,6,11H2,1-3H3,(H,21,23). The van der Waals surface area contributed by atoms with Crippen LogP contribution in [-0.4, -0.2) is 15.7 Å². The van der Waals surface area contributed by atoms with Gasteiger partial charge in [-0.05, 0) is 54.5 Å². The molecule has 1 aromatic heterocycles. The molecular weight excluding hydrogens is 286 g/mol. The Hall–Kier alpha value is -2.10. The molecule has 0 bridgehead atoms. The average Bonchev–Trinajstić information content (AvgIpc) is 3.01. The number of nitrogens with one attached hydrogen (secondary N) is 1. The highest BCUT2D eigenvalue weighted by molar-refractivity contribution is 5.93. The summed E-state index contributed by atoms with van der Waals surface area (Å²) in [6.07, 6.45) is 7.13. The van der Waals surface area contributed by atoms with E-state index in [1.807, 2.05) is 36.5 Å². The molecule has 1 aliphatic carbocycles. The summed E-state index contributed by atoms with van der Waals surface area (Å²) in [5.74, 6) is 0.651. The van der Waals surface area contributed by atoms with Gasteiger partial charge in [0.15, 0.2) is 0 Å². The lowest BCUT2D eigenvalue weighted by molar-refractivity contribution is -0.127. The number of hydrogen-bond acceptors (Lipinski definition) is 2.